The third kappa shape index (κ3) is 5.49. The molecule has 90 valence electrons. The van der Waals surface area contributed by atoms with Gasteiger partial charge in [0, 0.05) is 38.5 Å². The summed E-state index contributed by atoms with van der Waals surface area (Å²) in [6.45, 7) is 5.80. The third-order valence-corrected chi connectivity index (χ3v) is 3.68. The molecule has 0 radical (unpaired) electrons. The van der Waals surface area contributed by atoms with Gasteiger partial charge in [-0.3, -0.25) is 4.90 Å². The molecule has 0 aromatic rings. The maximum absolute atomic E-state index is 11.0. The molecule has 0 saturated carbocycles. The van der Waals surface area contributed by atoms with Crippen LogP contribution in [-0.4, -0.2) is 57.5 Å². The lowest BCUT2D eigenvalue weighted by atomic mass is 10.1. The zero-order valence-corrected chi connectivity index (χ0v) is 10.5. The van der Waals surface area contributed by atoms with Crippen LogP contribution in [0.25, 0.3) is 0 Å². The van der Waals surface area contributed by atoms with E-state index in [1.165, 1.54) is 19.1 Å². The Hall–Kier alpha value is -0.130. The second-order valence-corrected chi connectivity index (χ2v) is 6.63. The van der Waals surface area contributed by atoms with Gasteiger partial charge in [0.15, 0.2) is 0 Å². The minimum Gasteiger partial charge on any atom is -0.311 e. The number of hydrogen-bond donors (Lipinski definition) is 1. The van der Waals surface area contributed by atoms with Gasteiger partial charge in [-0.2, -0.15) is 0 Å². The Morgan fingerprint density at radius 1 is 1.47 bits per heavy atom. The van der Waals surface area contributed by atoms with Crippen molar-refractivity contribution in [3.05, 3.63) is 0 Å². The fourth-order valence-electron chi connectivity index (χ4n) is 1.93. The van der Waals surface area contributed by atoms with Crippen molar-refractivity contribution in [2.24, 2.45) is 0 Å². The maximum atomic E-state index is 11.0. The van der Waals surface area contributed by atoms with Gasteiger partial charge in [0.2, 0.25) is 0 Å². The molecule has 0 bridgehead atoms. The predicted molar refractivity (Wildman–Crippen MR) is 62.8 cm³/mol. The molecule has 0 aliphatic carbocycles. The molecule has 4 nitrogen and oxygen atoms in total. The van der Waals surface area contributed by atoms with E-state index in [0.29, 0.717) is 12.6 Å². The molecule has 0 amide bonds. The van der Waals surface area contributed by atoms with Crippen molar-refractivity contribution in [1.82, 2.24) is 10.2 Å². The van der Waals surface area contributed by atoms with Crippen LogP contribution in [-0.2, 0) is 9.84 Å². The molecule has 1 atom stereocenters. The molecule has 1 aliphatic heterocycles. The molecule has 5 heteroatoms. The fraction of sp³-hybridized carbons (Fsp3) is 1.00. The van der Waals surface area contributed by atoms with Crippen LogP contribution in [0, 0.1) is 0 Å². The number of sulfone groups is 1. The summed E-state index contributed by atoms with van der Waals surface area (Å²) >= 11 is 0. The zero-order valence-electron chi connectivity index (χ0n) is 9.70. The first kappa shape index (κ1) is 12.9. The van der Waals surface area contributed by atoms with E-state index in [4.69, 9.17) is 0 Å². The van der Waals surface area contributed by atoms with Crippen molar-refractivity contribution >= 4 is 9.84 Å². The first-order valence-electron chi connectivity index (χ1n) is 5.64. The Morgan fingerprint density at radius 2 is 2.20 bits per heavy atom. The zero-order chi connectivity index (χ0) is 11.3. The highest BCUT2D eigenvalue weighted by atomic mass is 32.2. The summed E-state index contributed by atoms with van der Waals surface area (Å²) in [5.41, 5.74) is 0. The largest absolute Gasteiger partial charge is 0.311 e. The van der Waals surface area contributed by atoms with E-state index in [9.17, 15) is 8.42 Å². The van der Waals surface area contributed by atoms with Crippen LogP contribution in [0.15, 0.2) is 0 Å². The highest BCUT2D eigenvalue weighted by Gasteiger charge is 2.18. The highest BCUT2D eigenvalue weighted by molar-refractivity contribution is 7.90. The Labute approximate surface area is 93.0 Å². The van der Waals surface area contributed by atoms with Gasteiger partial charge in [-0.05, 0) is 6.42 Å². The molecular weight excluding hydrogens is 212 g/mol. The number of rotatable bonds is 5. The molecule has 0 aromatic heterocycles. The van der Waals surface area contributed by atoms with Crippen molar-refractivity contribution < 1.29 is 8.42 Å². The summed E-state index contributed by atoms with van der Waals surface area (Å²) in [7, 11) is -2.82. The molecule has 1 aliphatic rings. The van der Waals surface area contributed by atoms with Crippen LogP contribution < -0.4 is 5.32 Å². The van der Waals surface area contributed by atoms with Gasteiger partial charge in [0.05, 0.1) is 5.75 Å². The van der Waals surface area contributed by atoms with Gasteiger partial charge in [-0.1, -0.05) is 13.3 Å². The Morgan fingerprint density at radius 3 is 2.80 bits per heavy atom. The van der Waals surface area contributed by atoms with Gasteiger partial charge < -0.3 is 5.32 Å². The molecule has 0 aromatic carbocycles. The SMILES string of the molecule is CCCC1CN(CCS(C)(=O)=O)CCN1. The van der Waals surface area contributed by atoms with Crippen molar-refractivity contribution in [2.75, 3.05) is 38.2 Å². The van der Waals surface area contributed by atoms with Crippen LogP contribution in [0.2, 0.25) is 0 Å². The minimum atomic E-state index is -2.82. The summed E-state index contributed by atoms with van der Waals surface area (Å²) in [5.74, 6) is 0.284. The molecule has 1 heterocycles. The lowest BCUT2D eigenvalue weighted by Gasteiger charge is -2.33. The molecule has 0 spiro atoms. The second kappa shape index (κ2) is 5.82. The first-order chi connectivity index (χ1) is 7.01. The quantitative estimate of drug-likeness (QED) is 0.733. The summed E-state index contributed by atoms with van der Waals surface area (Å²) in [6.07, 6.45) is 3.66. The molecule has 1 N–H and O–H groups in total. The third-order valence-electron chi connectivity index (χ3n) is 2.76. The number of hydrogen-bond acceptors (Lipinski definition) is 4. The topological polar surface area (TPSA) is 49.4 Å². The van der Waals surface area contributed by atoms with E-state index >= 15 is 0 Å². The van der Waals surface area contributed by atoms with E-state index in [0.717, 1.165) is 19.6 Å². The fourth-order valence-corrected chi connectivity index (χ4v) is 2.52. The first-order valence-corrected chi connectivity index (χ1v) is 7.71. The minimum absolute atomic E-state index is 0.284. The van der Waals surface area contributed by atoms with Crippen molar-refractivity contribution in [1.29, 1.82) is 0 Å². The van der Waals surface area contributed by atoms with Crippen LogP contribution >= 0.6 is 0 Å². The lowest BCUT2D eigenvalue weighted by molar-refractivity contribution is 0.203. The van der Waals surface area contributed by atoms with E-state index in [1.54, 1.807) is 0 Å². The highest BCUT2D eigenvalue weighted by Crippen LogP contribution is 2.04. The van der Waals surface area contributed by atoms with Gasteiger partial charge in [-0.15, -0.1) is 0 Å². The van der Waals surface area contributed by atoms with Gasteiger partial charge in [0.1, 0.15) is 9.84 Å². The Balaban J connectivity index is 2.30. The maximum Gasteiger partial charge on any atom is 0.148 e. The van der Waals surface area contributed by atoms with Crippen LogP contribution in [0.3, 0.4) is 0 Å². The predicted octanol–water partition coefficient (Wildman–Crippen LogP) is 0.105. The van der Waals surface area contributed by atoms with Gasteiger partial charge >= 0.3 is 0 Å². The van der Waals surface area contributed by atoms with E-state index < -0.39 is 9.84 Å². The normalized spacial score (nSPS) is 24.3. The molecule has 1 rings (SSSR count). The molecule has 1 unspecified atom stereocenters. The average molecular weight is 234 g/mol. The van der Waals surface area contributed by atoms with Gasteiger partial charge in [-0.25, -0.2) is 8.42 Å². The Bertz CT molecular complexity index is 275. The van der Waals surface area contributed by atoms with Crippen LogP contribution in [0.1, 0.15) is 19.8 Å². The van der Waals surface area contributed by atoms with E-state index in [2.05, 4.69) is 17.1 Å². The van der Waals surface area contributed by atoms with Crippen LogP contribution in [0.4, 0.5) is 0 Å². The Kier molecular flexibility index (Phi) is 5.02. The summed E-state index contributed by atoms with van der Waals surface area (Å²) in [5, 5.41) is 3.46. The number of nitrogens with zero attached hydrogens (tertiary/aromatic N) is 1. The standard InChI is InChI=1S/C10H22N2O2S/c1-3-4-10-9-12(6-5-11-10)7-8-15(2,13)14/h10-11H,3-9H2,1-2H3. The molecule has 1 fully saturated rings. The monoisotopic (exact) mass is 234 g/mol. The summed E-state index contributed by atoms with van der Waals surface area (Å²) in [6, 6.07) is 0.545. The molecule has 15 heavy (non-hydrogen) atoms. The lowest BCUT2D eigenvalue weighted by Crippen LogP contribution is -2.51. The van der Waals surface area contributed by atoms with Crippen molar-refractivity contribution in [3.8, 4) is 0 Å². The number of nitrogens with one attached hydrogen (secondary N) is 1. The average Bonchev–Trinajstić information content (AvgIpc) is 2.15. The van der Waals surface area contributed by atoms with E-state index in [-0.39, 0.29) is 5.75 Å². The van der Waals surface area contributed by atoms with Crippen molar-refractivity contribution in [2.45, 2.75) is 25.8 Å². The summed E-state index contributed by atoms with van der Waals surface area (Å²) in [4.78, 5) is 2.25. The van der Waals surface area contributed by atoms with Crippen LogP contribution in [0.5, 0.6) is 0 Å². The van der Waals surface area contributed by atoms with E-state index in [1.807, 2.05) is 0 Å². The molecular formula is C10H22N2O2S. The van der Waals surface area contributed by atoms with Crippen molar-refractivity contribution in [3.63, 3.8) is 0 Å². The second-order valence-electron chi connectivity index (χ2n) is 4.37. The number of piperazine rings is 1. The summed E-state index contributed by atoms with van der Waals surface area (Å²) < 4.78 is 22.1. The smallest absolute Gasteiger partial charge is 0.148 e. The van der Waals surface area contributed by atoms with Gasteiger partial charge in [0.25, 0.3) is 0 Å². The molecule has 1 saturated heterocycles.